The highest BCUT2D eigenvalue weighted by Crippen LogP contribution is 2.26. The second-order valence-corrected chi connectivity index (χ2v) is 5.23. The maximum atomic E-state index is 10.8. The molecule has 18 heavy (non-hydrogen) atoms. The van der Waals surface area contributed by atoms with Gasteiger partial charge in [0.05, 0.1) is 13.2 Å². The molecule has 1 aromatic carbocycles. The van der Waals surface area contributed by atoms with Crippen LogP contribution >= 0.6 is 11.8 Å². The van der Waals surface area contributed by atoms with Gasteiger partial charge in [0.25, 0.3) is 0 Å². The zero-order valence-electron chi connectivity index (χ0n) is 10.7. The number of hydrogen-bond acceptors (Lipinski definition) is 5. The third-order valence-corrected chi connectivity index (χ3v) is 3.54. The molecular weight excluding hydrogens is 252 g/mol. The molecule has 0 aromatic heterocycles. The van der Waals surface area contributed by atoms with Crippen molar-refractivity contribution in [3.8, 4) is 5.75 Å². The van der Waals surface area contributed by atoms with Crippen molar-refractivity contribution in [2.24, 2.45) is 0 Å². The monoisotopic (exact) mass is 270 g/mol. The Labute approximate surface area is 111 Å². The molecule has 0 fully saturated rings. The van der Waals surface area contributed by atoms with E-state index in [0.29, 0.717) is 11.3 Å². The molecule has 5 heteroatoms. The van der Waals surface area contributed by atoms with Gasteiger partial charge < -0.3 is 14.9 Å². The van der Waals surface area contributed by atoms with E-state index >= 15 is 0 Å². The lowest BCUT2D eigenvalue weighted by atomic mass is 10.00. The van der Waals surface area contributed by atoms with E-state index in [1.165, 1.54) is 6.92 Å². The van der Waals surface area contributed by atoms with Crippen LogP contribution in [0.2, 0.25) is 0 Å². The summed E-state index contributed by atoms with van der Waals surface area (Å²) in [7, 11) is 1.54. The lowest BCUT2D eigenvalue weighted by molar-refractivity contribution is -0.109. The molecule has 0 aliphatic heterocycles. The first-order valence-electron chi connectivity index (χ1n) is 5.59. The summed E-state index contributed by atoms with van der Waals surface area (Å²) in [6.45, 7) is 3.28. The van der Waals surface area contributed by atoms with E-state index in [9.17, 15) is 15.0 Å². The van der Waals surface area contributed by atoms with Crippen LogP contribution in [-0.4, -0.2) is 34.3 Å². The van der Waals surface area contributed by atoms with Crippen LogP contribution in [0.15, 0.2) is 18.2 Å². The number of carbonyl (C=O) groups is 1. The normalized spacial score (nSPS) is 14.1. The minimum absolute atomic E-state index is 0.0800. The summed E-state index contributed by atoms with van der Waals surface area (Å²) in [6.07, 6.45) is -2.00. The minimum atomic E-state index is -1.02. The standard InChI is InChI=1S/C13H18O4S/c1-8-4-5-10(17-3)6-11(8)13(16)12(15)7-18-9(2)14/h4-6,12-13,15-16H,7H2,1-3H3. The van der Waals surface area contributed by atoms with Gasteiger partial charge in [-0.05, 0) is 30.2 Å². The Balaban J connectivity index is 2.81. The number of thioether (sulfide) groups is 1. The highest BCUT2D eigenvalue weighted by Gasteiger charge is 2.21. The number of aryl methyl sites for hydroxylation is 1. The predicted octanol–water partition coefficient (Wildman–Crippen LogP) is 1.68. The van der Waals surface area contributed by atoms with Crippen molar-refractivity contribution in [1.29, 1.82) is 0 Å². The number of rotatable bonds is 5. The van der Waals surface area contributed by atoms with Gasteiger partial charge in [0.2, 0.25) is 0 Å². The summed E-state index contributed by atoms with van der Waals surface area (Å²) < 4.78 is 5.09. The number of benzene rings is 1. The molecule has 0 radical (unpaired) electrons. The van der Waals surface area contributed by atoms with Gasteiger partial charge in [-0.3, -0.25) is 4.79 Å². The molecule has 2 unspecified atom stereocenters. The number of aliphatic hydroxyl groups is 2. The molecule has 0 aliphatic rings. The van der Waals surface area contributed by atoms with Gasteiger partial charge in [-0.25, -0.2) is 0 Å². The first-order chi connectivity index (χ1) is 8.45. The van der Waals surface area contributed by atoms with Crippen LogP contribution in [0.3, 0.4) is 0 Å². The minimum Gasteiger partial charge on any atom is -0.497 e. The third kappa shape index (κ3) is 4.01. The van der Waals surface area contributed by atoms with Crippen molar-refractivity contribution in [1.82, 2.24) is 0 Å². The zero-order chi connectivity index (χ0) is 13.7. The van der Waals surface area contributed by atoms with Crippen molar-refractivity contribution >= 4 is 16.9 Å². The Morgan fingerprint density at radius 1 is 1.44 bits per heavy atom. The maximum absolute atomic E-state index is 10.8. The Morgan fingerprint density at radius 2 is 2.11 bits per heavy atom. The molecule has 2 atom stereocenters. The first-order valence-corrected chi connectivity index (χ1v) is 6.58. The van der Waals surface area contributed by atoms with E-state index in [1.807, 2.05) is 13.0 Å². The van der Waals surface area contributed by atoms with Crippen molar-refractivity contribution in [3.05, 3.63) is 29.3 Å². The smallest absolute Gasteiger partial charge is 0.185 e. The number of methoxy groups -OCH3 is 1. The Bertz CT molecular complexity index is 419. The average Bonchev–Trinajstić information content (AvgIpc) is 2.35. The largest absolute Gasteiger partial charge is 0.497 e. The number of hydrogen-bond donors (Lipinski definition) is 2. The van der Waals surface area contributed by atoms with E-state index in [-0.39, 0.29) is 10.9 Å². The summed E-state index contributed by atoms with van der Waals surface area (Å²) in [5.41, 5.74) is 1.49. The molecule has 1 rings (SSSR count). The second-order valence-electron chi connectivity index (χ2n) is 4.04. The summed E-state index contributed by atoms with van der Waals surface area (Å²) >= 11 is 0.998. The zero-order valence-corrected chi connectivity index (χ0v) is 11.5. The molecule has 0 aliphatic carbocycles. The SMILES string of the molecule is COc1ccc(C)c(C(O)C(O)CSC(C)=O)c1. The molecule has 0 amide bonds. The molecule has 0 saturated carbocycles. The number of ether oxygens (including phenoxy) is 1. The second kappa shape index (κ2) is 6.78. The number of carbonyl (C=O) groups excluding carboxylic acids is 1. The van der Waals surface area contributed by atoms with Gasteiger partial charge >= 0.3 is 0 Å². The van der Waals surface area contributed by atoms with E-state index in [0.717, 1.165) is 17.3 Å². The molecule has 100 valence electrons. The average molecular weight is 270 g/mol. The Morgan fingerprint density at radius 3 is 2.67 bits per heavy atom. The van der Waals surface area contributed by atoms with Crippen LogP contribution in [0, 0.1) is 6.92 Å². The lowest BCUT2D eigenvalue weighted by Gasteiger charge is -2.19. The van der Waals surface area contributed by atoms with Crippen molar-refractivity contribution in [3.63, 3.8) is 0 Å². The highest BCUT2D eigenvalue weighted by molar-refractivity contribution is 8.13. The van der Waals surface area contributed by atoms with Crippen LogP contribution < -0.4 is 4.74 Å². The van der Waals surface area contributed by atoms with Crippen LogP contribution in [0.1, 0.15) is 24.2 Å². The highest BCUT2D eigenvalue weighted by atomic mass is 32.2. The Hall–Kier alpha value is -1.04. The van der Waals surface area contributed by atoms with Crippen LogP contribution in [0.4, 0.5) is 0 Å². The lowest BCUT2D eigenvalue weighted by Crippen LogP contribution is -2.22. The topological polar surface area (TPSA) is 66.8 Å². The van der Waals surface area contributed by atoms with Gasteiger partial charge in [-0.15, -0.1) is 0 Å². The predicted molar refractivity (Wildman–Crippen MR) is 71.8 cm³/mol. The molecule has 0 heterocycles. The van der Waals surface area contributed by atoms with E-state index in [2.05, 4.69) is 0 Å². The van der Waals surface area contributed by atoms with Crippen molar-refractivity contribution < 1.29 is 19.7 Å². The Kier molecular flexibility index (Phi) is 5.65. The first kappa shape index (κ1) is 15.0. The van der Waals surface area contributed by atoms with E-state index < -0.39 is 12.2 Å². The van der Waals surface area contributed by atoms with E-state index in [1.54, 1.807) is 19.2 Å². The van der Waals surface area contributed by atoms with Gasteiger partial charge in [-0.2, -0.15) is 0 Å². The molecule has 2 N–H and O–H groups in total. The van der Waals surface area contributed by atoms with Gasteiger partial charge in [0, 0.05) is 12.7 Å². The fraction of sp³-hybridized carbons (Fsp3) is 0.462. The maximum Gasteiger partial charge on any atom is 0.185 e. The number of aliphatic hydroxyl groups excluding tert-OH is 2. The summed E-state index contributed by atoms with van der Waals surface area (Å²) in [6, 6.07) is 5.31. The van der Waals surface area contributed by atoms with Crippen LogP contribution in [0.25, 0.3) is 0 Å². The van der Waals surface area contributed by atoms with Crippen molar-refractivity contribution in [2.75, 3.05) is 12.9 Å². The van der Waals surface area contributed by atoms with Gasteiger partial charge in [0.1, 0.15) is 11.9 Å². The summed E-state index contributed by atoms with van der Waals surface area (Å²) in [5.74, 6) is 0.800. The fourth-order valence-electron chi connectivity index (χ4n) is 1.57. The molecule has 0 bridgehead atoms. The van der Waals surface area contributed by atoms with Gasteiger partial charge in [0.15, 0.2) is 5.12 Å². The van der Waals surface area contributed by atoms with E-state index in [4.69, 9.17) is 4.74 Å². The summed E-state index contributed by atoms with van der Waals surface area (Å²) in [4.78, 5) is 10.8. The molecule has 0 spiro atoms. The summed E-state index contributed by atoms with van der Waals surface area (Å²) in [5, 5.41) is 19.8. The van der Waals surface area contributed by atoms with Crippen molar-refractivity contribution in [2.45, 2.75) is 26.1 Å². The van der Waals surface area contributed by atoms with Crippen LogP contribution in [0.5, 0.6) is 5.75 Å². The van der Waals surface area contributed by atoms with Gasteiger partial charge in [-0.1, -0.05) is 17.8 Å². The third-order valence-electron chi connectivity index (χ3n) is 2.63. The van der Waals surface area contributed by atoms with Crippen LogP contribution in [-0.2, 0) is 4.79 Å². The quantitative estimate of drug-likeness (QED) is 0.852. The fourth-order valence-corrected chi connectivity index (χ4v) is 2.15. The molecule has 4 nitrogen and oxygen atoms in total. The molecule has 1 aromatic rings. The molecular formula is C13H18O4S. The molecule has 0 saturated heterocycles.